The number of piperidine rings is 1. The Labute approximate surface area is 185 Å². The van der Waals surface area contributed by atoms with E-state index < -0.39 is 9.84 Å². The molecule has 7 heteroatoms. The molecular weight excluding hydrogens is 412 g/mol. The predicted molar refractivity (Wildman–Crippen MR) is 123 cm³/mol. The molecule has 0 saturated carbocycles. The quantitative estimate of drug-likeness (QED) is 0.593. The van der Waals surface area contributed by atoms with E-state index in [1.54, 1.807) is 12.1 Å². The van der Waals surface area contributed by atoms with Crippen molar-refractivity contribution in [3.63, 3.8) is 0 Å². The Bertz CT molecular complexity index is 973. The van der Waals surface area contributed by atoms with Crippen LogP contribution in [0, 0.1) is 18.8 Å². The van der Waals surface area contributed by atoms with Crippen LogP contribution in [0.25, 0.3) is 0 Å². The summed E-state index contributed by atoms with van der Waals surface area (Å²) in [4.78, 5) is 14.8. The molecule has 3 rings (SSSR count). The zero-order valence-electron chi connectivity index (χ0n) is 18.8. The standard InChI is InChI=1S/C24H34N2O4S/c1-18-13-19(2)15-26(14-18)12-6-11-25-24(27)23-10-9-22(30-23)17-31(28,29)16-21-8-5-4-7-20(21)3/h4-5,7-10,18-19H,6,11-17H2,1-3H3,(H,25,27)/t18-,19-/m0/s1. The van der Waals surface area contributed by atoms with Crippen LogP contribution in [0.5, 0.6) is 0 Å². The monoisotopic (exact) mass is 446 g/mol. The van der Waals surface area contributed by atoms with Crippen LogP contribution >= 0.6 is 0 Å². The maximum absolute atomic E-state index is 12.5. The van der Waals surface area contributed by atoms with Crippen LogP contribution in [0.3, 0.4) is 0 Å². The molecule has 1 aromatic carbocycles. The molecule has 1 fully saturated rings. The van der Waals surface area contributed by atoms with Crippen molar-refractivity contribution in [1.29, 1.82) is 0 Å². The van der Waals surface area contributed by atoms with Gasteiger partial charge >= 0.3 is 0 Å². The summed E-state index contributed by atoms with van der Waals surface area (Å²) in [6.07, 6.45) is 2.16. The highest BCUT2D eigenvalue weighted by Gasteiger charge is 2.21. The lowest BCUT2D eigenvalue weighted by Gasteiger charge is -2.34. The number of likely N-dealkylation sites (tertiary alicyclic amines) is 1. The van der Waals surface area contributed by atoms with Crippen molar-refractivity contribution in [3.05, 3.63) is 59.0 Å². The Morgan fingerprint density at radius 2 is 1.81 bits per heavy atom. The van der Waals surface area contributed by atoms with E-state index in [0.717, 1.165) is 49.0 Å². The second kappa shape index (κ2) is 10.5. The van der Waals surface area contributed by atoms with Gasteiger partial charge in [0.2, 0.25) is 0 Å². The number of carbonyl (C=O) groups excluding carboxylic acids is 1. The largest absolute Gasteiger partial charge is 0.455 e. The molecule has 0 unspecified atom stereocenters. The predicted octanol–water partition coefficient (Wildman–Crippen LogP) is 3.80. The van der Waals surface area contributed by atoms with E-state index in [-0.39, 0.29) is 28.9 Å². The van der Waals surface area contributed by atoms with Gasteiger partial charge < -0.3 is 14.6 Å². The molecule has 1 aliphatic heterocycles. The average Bonchev–Trinajstić information content (AvgIpc) is 3.14. The van der Waals surface area contributed by atoms with Crippen molar-refractivity contribution in [1.82, 2.24) is 10.2 Å². The number of hydrogen-bond donors (Lipinski definition) is 1. The van der Waals surface area contributed by atoms with E-state index in [0.29, 0.717) is 6.54 Å². The van der Waals surface area contributed by atoms with Crippen LogP contribution in [-0.4, -0.2) is 45.4 Å². The minimum atomic E-state index is -3.40. The molecule has 170 valence electrons. The summed E-state index contributed by atoms with van der Waals surface area (Å²) in [5.41, 5.74) is 1.73. The smallest absolute Gasteiger partial charge is 0.286 e. The lowest BCUT2D eigenvalue weighted by molar-refractivity contribution is 0.0918. The Kier molecular flexibility index (Phi) is 7.94. The maximum atomic E-state index is 12.5. The Morgan fingerprint density at radius 1 is 1.10 bits per heavy atom. The van der Waals surface area contributed by atoms with Crippen molar-refractivity contribution >= 4 is 15.7 Å². The second-order valence-corrected chi connectivity index (χ2v) is 11.1. The van der Waals surface area contributed by atoms with Gasteiger partial charge in [0, 0.05) is 19.6 Å². The van der Waals surface area contributed by atoms with Crippen LogP contribution in [0.2, 0.25) is 0 Å². The molecule has 0 aliphatic carbocycles. The van der Waals surface area contributed by atoms with Gasteiger partial charge in [-0.05, 0) is 61.4 Å². The topological polar surface area (TPSA) is 79.6 Å². The fraction of sp³-hybridized carbons (Fsp3) is 0.542. The van der Waals surface area contributed by atoms with Crippen LogP contribution in [0.4, 0.5) is 0 Å². The summed E-state index contributed by atoms with van der Waals surface area (Å²) in [5, 5.41) is 2.88. The highest BCUT2D eigenvalue weighted by atomic mass is 32.2. The molecular formula is C24H34N2O4S. The summed E-state index contributed by atoms with van der Waals surface area (Å²) in [6, 6.07) is 10.5. The van der Waals surface area contributed by atoms with Crippen LogP contribution in [-0.2, 0) is 21.3 Å². The maximum Gasteiger partial charge on any atom is 0.286 e. The number of hydrogen-bond acceptors (Lipinski definition) is 5. The molecule has 2 heterocycles. The van der Waals surface area contributed by atoms with Gasteiger partial charge in [-0.25, -0.2) is 8.42 Å². The Balaban J connectivity index is 1.45. The van der Waals surface area contributed by atoms with E-state index in [9.17, 15) is 13.2 Å². The number of amides is 1. The van der Waals surface area contributed by atoms with Gasteiger partial charge in [0.1, 0.15) is 11.5 Å². The van der Waals surface area contributed by atoms with Gasteiger partial charge in [-0.3, -0.25) is 4.79 Å². The summed E-state index contributed by atoms with van der Waals surface area (Å²) in [5.74, 6) is 1.32. The van der Waals surface area contributed by atoms with E-state index in [1.807, 2.05) is 31.2 Å². The first-order valence-electron chi connectivity index (χ1n) is 11.1. The van der Waals surface area contributed by atoms with Gasteiger partial charge in [-0.15, -0.1) is 0 Å². The summed E-state index contributed by atoms with van der Waals surface area (Å²) in [7, 11) is -3.40. The summed E-state index contributed by atoms with van der Waals surface area (Å²) >= 11 is 0. The third-order valence-corrected chi connectivity index (χ3v) is 7.24. The first kappa shape index (κ1) is 23.5. The zero-order valence-corrected chi connectivity index (χ0v) is 19.6. The first-order chi connectivity index (χ1) is 14.7. The lowest BCUT2D eigenvalue weighted by Crippen LogP contribution is -2.40. The molecule has 6 nitrogen and oxygen atoms in total. The summed E-state index contributed by atoms with van der Waals surface area (Å²) in [6.45, 7) is 10.3. The van der Waals surface area contributed by atoms with Gasteiger partial charge in [-0.2, -0.15) is 0 Å². The minimum absolute atomic E-state index is 0.0460. The molecule has 1 amide bonds. The fourth-order valence-electron chi connectivity index (χ4n) is 4.42. The highest BCUT2D eigenvalue weighted by Crippen LogP contribution is 2.21. The molecule has 0 bridgehead atoms. The molecule has 0 radical (unpaired) electrons. The molecule has 31 heavy (non-hydrogen) atoms. The van der Waals surface area contributed by atoms with E-state index in [1.165, 1.54) is 6.42 Å². The third-order valence-electron chi connectivity index (χ3n) is 5.77. The summed E-state index contributed by atoms with van der Waals surface area (Å²) < 4.78 is 30.6. The van der Waals surface area contributed by atoms with Crippen molar-refractivity contribution in [2.45, 2.75) is 45.1 Å². The van der Waals surface area contributed by atoms with Crippen molar-refractivity contribution in [2.75, 3.05) is 26.2 Å². The second-order valence-electron chi connectivity index (χ2n) is 9.04. The zero-order chi connectivity index (χ0) is 22.4. The number of aryl methyl sites for hydroxylation is 1. The molecule has 1 N–H and O–H groups in total. The minimum Gasteiger partial charge on any atom is -0.455 e. The van der Waals surface area contributed by atoms with Crippen molar-refractivity contribution in [2.24, 2.45) is 11.8 Å². The molecule has 2 aromatic rings. The molecule has 1 saturated heterocycles. The number of sulfone groups is 1. The average molecular weight is 447 g/mol. The highest BCUT2D eigenvalue weighted by molar-refractivity contribution is 7.89. The van der Waals surface area contributed by atoms with Gasteiger partial charge in [0.25, 0.3) is 5.91 Å². The van der Waals surface area contributed by atoms with E-state index >= 15 is 0 Å². The number of benzene rings is 1. The molecule has 1 aliphatic rings. The molecule has 2 atom stereocenters. The van der Waals surface area contributed by atoms with Crippen molar-refractivity contribution < 1.29 is 17.6 Å². The normalized spacial score (nSPS) is 20.0. The number of nitrogens with one attached hydrogen (secondary N) is 1. The SMILES string of the molecule is Cc1ccccc1CS(=O)(=O)Cc1ccc(C(=O)NCCCN2C[C@@H](C)C[C@H](C)C2)o1. The lowest BCUT2D eigenvalue weighted by atomic mass is 9.92. The number of furan rings is 1. The van der Waals surface area contributed by atoms with Crippen LogP contribution < -0.4 is 5.32 Å². The van der Waals surface area contributed by atoms with E-state index in [4.69, 9.17) is 4.42 Å². The molecule has 1 aromatic heterocycles. The van der Waals surface area contributed by atoms with Gasteiger partial charge in [0.05, 0.1) is 5.75 Å². The van der Waals surface area contributed by atoms with Crippen molar-refractivity contribution in [3.8, 4) is 0 Å². The van der Waals surface area contributed by atoms with E-state index in [2.05, 4.69) is 24.1 Å². The van der Waals surface area contributed by atoms with Gasteiger partial charge in [0.15, 0.2) is 15.6 Å². The number of rotatable bonds is 9. The van der Waals surface area contributed by atoms with Crippen LogP contribution in [0.1, 0.15) is 54.1 Å². The van der Waals surface area contributed by atoms with Crippen LogP contribution in [0.15, 0.2) is 40.8 Å². The number of nitrogens with zero attached hydrogens (tertiary/aromatic N) is 1. The fourth-order valence-corrected chi connectivity index (χ4v) is 5.91. The van der Waals surface area contributed by atoms with Gasteiger partial charge in [-0.1, -0.05) is 38.1 Å². The number of carbonyl (C=O) groups is 1. The molecule has 0 spiro atoms. The first-order valence-corrected chi connectivity index (χ1v) is 12.9. The Morgan fingerprint density at radius 3 is 2.52 bits per heavy atom. The third kappa shape index (κ3) is 7.21. The Hall–Kier alpha value is -2.12.